The summed E-state index contributed by atoms with van der Waals surface area (Å²) in [6.45, 7) is 6.67. The molecule has 1 N–H and O–H groups in total. The van der Waals surface area contributed by atoms with Gasteiger partial charge in [0, 0.05) is 6.54 Å². The van der Waals surface area contributed by atoms with Crippen molar-refractivity contribution in [1.29, 1.82) is 0 Å². The summed E-state index contributed by atoms with van der Waals surface area (Å²) in [7, 11) is 0. The molecule has 0 heterocycles. The van der Waals surface area contributed by atoms with E-state index in [4.69, 9.17) is 0 Å². The minimum atomic E-state index is 0.829. The van der Waals surface area contributed by atoms with E-state index in [0.717, 1.165) is 19.0 Å². The van der Waals surface area contributed by atoms with Crippen LogP contribution in [0.4, 0.5) is 0 Å². The molecule has 112 valence electrons. The summed E-state index contributed by atoms with van der Waals surface area (Å²) < 4.78 is 0. The summed E-state index contributed by atoms with van der Waals surface area (Å²) in [5.74, 6) is 0.829. The molecule has 0 amide bonds. The van der Waals surface area contributed by atoms with E-state index in [1.54, 1.807) is 0 Å². The van der Waals surface area contributed by atoms with Gasteiger partial charge in [-0.1, -0.05) is 81.3 Å². The average molecular weight is 281 g/mol. The molecule has 1 heteroatoms. The third-order valence-corrected chi connectivity index (χ3v) is 3.78. The fourth-order valence-electron chi connectivity index (χ4n) is 2.48. The molecule has 0 saturated carbocycles. The molecule has 0 fully saturated rings. The summed E-state index contributed by atoms with van der Waals surface area (Å²) in [5, 5.41) is 3.53. The van der Waals surface area contributed by atoms with Gasteiger partial charge < -0.3 is 5.32 Å². The molecule has 0 unspecified atom stereocenters. The van der Waals surface area contributed by atoms with E-state index in [2.05, 4.69) is 73.8 Å². The van der Waals surface area contributed by atoms with Crippen molar-refractivity contribution in [3.63, 3.8) is 0 Å². The third kappa shape index (κ3) is 5.73. The lowest BCUT2D eigenvalue weighted by molar-refractivity contribution is 0.520. The smallest absolute Gasteiger partial charge is 0.0205 e. The number of hydrogen-bond acceptors (Lipinski definition) is 1. The maximum atomic E-state index is 3.53. The fraction of sp³-hybridized carbons (Fsp3) is 0.400. The first kappa shape index (κ1) is 15.8. The number of unbranched alkanes of at least 4 members (excludes halogenated alkanes) is 1. The monoisotopic (exact) mass is 281 g/mol. The van der Waals surface area contributed by atoms with Crippen LogP contribution in [0.5, 0.6) is 0 Å². The van der Waals surface area contributed by atoms with Crippen molar-refractivity contribution in [3.8, 4) is 11.1 Å². The summed E-state index contributed by atoms with van der Waals surface area (Å²) in [5.41, 5.74) is 3.93. The van der Waals surface area contributed by atoms with Crippen molar-refractivity contribution in [2.24, 2.45) is 5.92 Å². The molecule has 0 aliphatic rings. The van der Waals surface area contributed by atoms with Crippen LogP contribution in [0, 0.1) is 5.92 Å². The van der Waals surface area contributed by atoms with Gasteiger partial charge in [-0.2, -0.15) is 0 Å². The molecule has 0 aliphatic carbocycles. The lowest BCUT2D eigenvalue weighted by atomic mass is 10.0. The van der Waals surface area contributed by atoms with Crippen LogP contribution in [0.25, 0.3) is 11.1 Å². The molecule has 0 saturated heterocycles. The lowest BCUT2D eigenvalue weighted by Crippen LogP contribution is -2.14. The molecule has 0 spiro atoms. The van der Waals surface area contributed by atoms with Crippen LogP contribution in [0.1, 0.15) is 38.7 Å². The Labute approximate surface area is 129 Å². The SMILES string of the molecule is CC(C)CCCCNCc1ccc(-c2ccccc2)cc1. The highest BCUT2D eigenvalue weighted by molar-refractivity contribution is 5.63. The molecule has 0 atom stereocenters. The fourth-order valence-corrected chi connectivity index (χ4v) is 2.48. The Morgan fingerprint density at radius 2 is 1.48 bits per heavy atom. The maximum absolute atomic E-state index is 3.53. The van der Waals surface area contributed by atoms with Gasteiger partial charge in [0.15, 0.2) is 0 Å². The standard InChI is InChI=1S/C20H27N/c1-17(2)8-6-7-15-21-16-18-11-13-20(14-12-18)19-9-4-3-5-10-19/h3-5,9-14,17,21H,6-8,15-16H2,1-2H3. The third-order valence-electron chi connectivity index (χ3n) is 3.78. The van der Waals surface area contributed by atoms with Crippen LogP contribution >= 0.6 is 0 Å². The highest BCUT2D eigenvalue weighted by Gasteiger charge is 1.98. The van der Waals surface area contributed by atoms with Crippen LogP contribution in [0.15, 0.2) is 54.6 Å². The first-order valence-electron chi connectivity index (χ1n) is 8.11. The molecule has 0 aromatic heterocycles. The Hall–Kier alpha value is -1.60. The zero-order valence-corrected chi connectivity index (χ0v) is 13.3. The minimum absolute atomic E-state index is 0.829. The Morgan fingerprint density at radius 1 is 0.810 bits per heavy atom. The van der Waals surface area contributed by atoms with Gasteiger partial charge in [0.05, 0.1) is 0 Å². The summed E-state index contributed by atoms with van der Waals surface area (Å²) in [4.78, 5) is 0. The molecule has 2 rings (SSSR count). The highest BCUT2D eigenvalue weighted by Crippen LogP contribution is 2.19. The van der Waals surface area contributed by atoms with Gasteiger partial charge in [-0.05, 0) is 35.6 Å². The zero-order valence-electron chi connectivity index (χ0n) is 13.3. The number of rotatable bonds is 8. The zero-order chi connectivity index (χ0) is 14.9. The molecular weight excluding hydrogens is 254 g/mol. The van der Waals surface area contributed by atoms with Crippen molar-refractivity contribution < 1.29 is 0 Å². The molecule has 0 bridgehead atoms. The van der Waals surface area contributed by atoms with Crippen molar-refractivity contribution in [3.05, 3.63) is 60.2 Å². The molecule has 0 radical (unpaired) electrons. The predicted molar refractivity (Wildman–Crippen MR) is 92.3 cm³/mol. The van der Waals surface area contributed by atoms with E-state index in [1.165, 1.54) is 36.0 Å². The second-order valence-corrected chi connectivity index (χ2v) is 6.13. The molecule has 21 heavy (non-hydrogen) atoms. The van der Waals surface area contributed by atoms with E-state index in [-0.39, 0.29) is 0 Å². The van der Waals surface area contributed by atoms with Gasteiger partial charge in [0.25, 0.3) is 0 Å². The van der Waals surface area contributed by atoms with Crippen molar-refractivity contribution in [2.75, 3.05) is 6.54 Å². The van der Waals surface area contributed by atoms with Crippen molar-refractivity contribution in [1.82, 2.24) is 5.32 Å². The van der Waals surface area contributed by atoms with Crippen LogP contribution < -0.4 is 5.32 Å². The Bertz CT molecular complexity index is 499. The Morgan fingerprint density at radius 3 is 2.14 bits per heavy atom. The van der Waals surface area contributed by atoms with Gasteiger partial charge in [-0.3, -0.25) is 0 Å². The lowest BCUT2D eigenvalue weighted by Gasteiger charge is -2.07. The predicted octanol–water partition coefficient (Wildman–Crippen LogP) is 5.27. The van der Waals surface area contributed by atoms with Gasteiger partial charge in [-0.15, -0.1) is 0 Å². The van der Waals surface area contributed by atoms with Gasteiger partial charge in [0.2, 0.25) is 0 Å². The van der Waals surface area contributed by atoms with Crippen LogP contribution in [-0.4, -0.2) is 6.54 Å². The average Bonchev–Trinajstić information content (AvgIpc) is 2.52. The Kier molecular flexibility index (Phi) is 6.49. The van der Waals surface area contributed by atoms with E-state index < -0.39 is 0 Å². The second-order valence-electron chi connectivity index (χ2n) is 6.13. The number of nitrogens with one attached hydrogen (secondary N) is 1. The molecule has 2 aromatic carbocycles. The van der Waals surface area contributed by atoms with E-state index in [0.29, 0.717) is 0 Å². The highest BCUT2D eigenvalue weighted by atomic mass is 14.8. The minimum Gasteiger partial charge on any atom is -0.313 e. The van der Waals surface area contributed by atoms with E-state index in [9.17, 15) is 0 Å². The van der Waals surface area contributed by atoms with Crippen LogP contribution in [-0.2, 0) is 6.54 Å². The topological polar surface area (TPSA) is 12.0 Å². The molecule has 2 aromatic rings. The first-order chi connectivity index (χ1) is 10.3. The normalized spacial score (nSPS) is 11.0. The Balaban J connectivity index is 1.73. The number of hydrogen-bond donors (Lipinski definition) is 1. The largest absolute Gasteiger partial charge is 0.313 e. The number of benzene rings is 2. The van der Waals surface area contributed by atoms with Crippen LogP contribution in [0.3, 0.4) is 0 Å². The van der Waals surface area contributed by atoms with E-state index >= 15 is 0 Å². The first-order valence-corrected chi connectivity index (χ1v) is 8.11. The summed E-state index contributed by atoms with van der Waals surface area (Å²) in [6, 6.07) is 19.4. The molecular formula is C20H27N. The molecule has 0 aliphatic heterocycles. The quantitative estimate of drug-likeness (QED) is 0.650. The van der Waals surface area contributed by atoms with Crippen LogP contribution in [0.2, 0.25) is 0 Å². The van der Waals surface area contributed by atoms with Gasteiger partial charge in [-0.25, -0.2) is 0 Å². The molecule has 1 nitrogen and oxygen atoms in total. The van der Waals surface area contributed by atoms with Crippen molar-refractivity contribution >= 4 is 0 Å². The second kappa shape index (κ2) is 8.63. The van der Waals surface area contributed by atoms with Gasteiger partial charge in [0.1, 0.15) is 0 Å². The van der Waals surface area contributed by atoms with Crippen molar-refractivity contribution in [2.45, 2.75) is 39.7 Å². The maximum Gasteiger partial charge on any atom is 0.0205 e. The summed E-state index contributed by atoms with van der Waals surface area (Å²) >= 11 is 0. The van der Waals surface area contributed by atoms with Gasteiger partial charge >= 0.3 is 0 Å². The summed E-state index contributed by atoms with van der Waals surface area (Å²) in [6.07, 6.45) is 3.95. The van der Waals surface area contributed by atoms with E-state index in [1.807, 2.05) is 0 Å².